The molecule has 0 aromatic heterocycles. The molecule has 3 unspecified atom stereocenters. The fourth-order valence-corrected chi connectivity index (χ4v) is 4.13. The summed E-state index contributed by atoms with van der Waals surface area (Å²) < 4.78 is 5.74. The lowest BCUT2D eigenvalue weighted by atomic mass is 9.65. The molecule has 2 nitrogen and oxygen atoms in total. The van der Waals surface area contributed by atoms with Crippen molar-refractivity contribution in [2.24, 2.45) is 16.7 Å². The molecule has 3 aliphatic carbocycles. The molecule has 3 atom stereocenters. The highest BCUT2D eigenvalue weighted by atomic mass is 16.6. The molecular formula is C14H18O2. The van der Waals surface area contributed by atoms with E-state index in [0.717, 1.165) is 0 Å². The first-order valence-corrected chi connectivity index (χ1v) is 6.03. The lowest BCUT2D eigenvalue weighted by molar-refractivity contribution is -0.175. The van der Waals surface area contributed by atoms with Crippen LogP contribution in [-0.4, -0.2) is 11.6 Å². The average Bonchev–Trinajstić information content (AvgIpc) is 2.92. The van der Waals surface area contributed by atoms with Crippen LogP contribution in [0.15, 0.2) is 24.8 Å². The van der Waals surface area contributed by atoms with Crippen LogP contribution >= 0.6 is 0 Å². The van der Waals surface area contributed by atoms with Gasteiger partial charge in [-0.15, -0.1) is 0 Å². The van der Waals surface area contributed by atoms with Gasteiger partial charge in [0.25, 0.3) is 0 Å². The van der Waals surface area contributed by atoms with Crippen molar-refractivity contribution in [1.82, 2.24) is 0 Å². The van der Waals surface area contributed by atoms with Gasteiger partial charge in [-0.25, -0.2) is 4.79 Å². The van der Waals surface area contributed by atoms with Crippen LogP contribution in [0.4, 0.5) is 0 Å². The number of ether oxygens (including phenoxy) is 1. The van der Waals surface area contributed by atoms with Crippen LogP contribution in [0.1, 0.15) is 33.1 Å². The summed E-state index contributed by atoms with van der Waals surface area (Å²) >= 11 is 0. The van der Waals surface area contributed by atoms with Crippen molar-refractivity contribution in [3.8, 4) is 0 Å². The van der Waals surface area contributed by atoms with E-state index in [1.807, 2.05) is 0 Å². The third-order valence-electron chi connectivity index (χ3n) is 5.39. The number of hydrogen-bond donors (Lipinski definition) is 0. The SMILES string of the molecule is C=CC(=O)OC1(C)C2(C)CCC(C2)C12C=C2. The Bertz CT molecular complexity index is 399. The number of hydrogen-bond acceptors (Lipinski definition) is 2. The summed E-state index contributed by atoms with van der Waals surface area (Å²) in [6.07, 6.45) is 9.36. The number of carbonyl (C=O) groups excluding carboxylic acids is 1. The van der Waals surface area contributed by atoms with E-state index in [0.29, 0.717) is 5.92 Å². The molecule has 2 bridgehead atoms. The van der Waals surface area contributed by atoms with Crippen LogP contribution in [0, 0.1) is 16.7 Å². The largest absolute Gasteiger partial charge is 0.454 e. The highest BCUT2D eigenvalue weighted by Gasteiger charge is 2.74. The normalized spacial score (nSPS) is 46.0. The third-order valence-corrected chi connectivity index (χ3v) is 5.39. The topological polar surface area (TPSA) is 26.3 Å². The van der Waals surface area contributed by atoms with Crippen LogP contribution < -0.4 is 0 Å². The predicted molar refractivity (Wildman–Crippen MR) is 61.7 cm³/mol. The molecule has 0 saturated heterocycles. The van der Waals surface area contributed by atoms with Crippen molar-refractivity contribution in [1.29, 1.82) is 0 Å². The van der Waals surface area contributed by atoms with Gasteiger partial charge in [0.05, 0.1) is 0 Å². The fourth-order valence-electron chi connectivity index (χ4n) is 4.13. The number of fused-ring (bicyclic) bond motifs is 3. The molecule has 0 N–H and O–H groups in total. The zero-order valence-electron chi connectivity index (χ0n) is 9.95. The van der Waals surface area contributed by atoms with Crippen molar-refractivity contribution in [3.63, 3.8) is 0 Å². The minimum Gasteiger partial charge on any atom is -0.454 e. The maximum atomic E-state index is 11.5. The Morgan fingerprint density at radius 2 is 2.19 bits per heavy atom. The van der Waals surface area contributed by atoms with Gasteiger partial charge >= 0.3 is 5.97 Å². The third kappa shape index (κ3) is 0.876. The fraction of sp³-hybridized carbons (Fsp3) is 0.643. The maximum Gasteiger partial charge on any atom is 0.330 e. The zero-order valence-corrected chi connectivity index (χ0v) is 9.95. The second-order valence-electron chi connectivity index (χ2n) is 5.93. The number of rotatable bonds is 2. The summed E-state index contributed by atoms with van der Waals surface area (Å²) in [5, 5.41) is 0. The van der Waals surface area contributed by atoms with E-state index < -0.39 is 0 Å². The minimum atomic E-state index is -0.353. The molecule has 1 spiro atoms. The number of esters is 1. The van der Waals surface area contributed by atoms with Gasteiger partial charge in [0.1, 0.15) is 5.60 Å². The predicted octanol–water partition coefficient (Wildman–Crippen LogP) is 2.85. The second-order valence-corrected chi connectivity index (χ2v) is 5.93. The van der Waals surface area contributed by atoms with E-state index in [9.17, 15) is 4.79 Å². The smallest absolute Gasteiger partial charge is 0.330 e. The molecule has 0 aliphatic heterocycles. The van der Waals surface area contributed by atoms with Crippen molar-refractivity contribution in [3.05, 3.63) is 24.8 Å². The Labute approximate surface area is 96.4 Å². The molecule has 2 fully saturated rings. The van der Waals surface area contributed by atoms with Crippen LogP contribution in [-0.2, 0) is 9.53 Å². The standard InChI is InChI=1S/C14H18O2/c1-4-11(15)16-13(3)12(2)6-5-10(9-12)14(13)7-8-14/h4,7-8,10H,1,5-6,9H2,2-3H3. The van der Waals surface area contributed by atoms with Crippen molar-refractivity contribution in [2.45, 2.75) is 38.7 Å². The molecule has 3 rings (SSSR count). The van der Waals surface area contributed by atoms with Crippen LogP contribution in [0.5, 0.6) is 0 Å². The highest BCUT2D eigenvalue weighted by Crippen LogP contribution is 2.74. The molecular weight excluding hydrogens is 200 g/mol. The van der Waals surface area contributed by atoms with Crippen LogP contribution in [0.25, 0.3) is 0 Å². The Kier molecular flexibility index (Phi) is 1.65. The molecule has 0 aromatic rings. The van der Waals surface area contributed by atoms with Gasteiger partial charge in [-0.05, 0) is 32.1 Å². The highest BCUT2D eigenvalue weighted by molar-refractivity contribution is 5.82. The maximum absolute atomic E-state index is 11.5. The Morgan fingerprint density at radius 3 is 2.75 bits per heavy atom. The van der Waals surface area contributed by atoms with E-state index in [1.165, 1.54) is 25.3 Å². The van der Waals surface area contributed by atoms with Gasteiger partial charge in [0.2, 0.25) is 0 Å². The molecule has 0 aromatic carbocycles. The van der Waals surface area contributed by atoms with E-state index in [2.05, 4.69) is 32.6 Å². The first-order valence-electron chi connectivity index (χ1n) is 6.03. The van der Waals surface area contributed by atoms with Crippen molar-refractivity contribution in [2.75, 3.05) is 0 Å². The summed E-state index contributed by atoms with van der Waals surface area (Å²) in [6.45, 7) is 7.86. The lowest BCUT2D eigenvalue weighted by Gasteiger charge is -2.46. The first kappa shape index (κ1) is 10.1. The zero-order chi connectivity index (χ0) is 11.6. The summed E-state index contributed by atoms with van der Waals surface area (Å²) in [6, 6.07) is 0. The van der Waals surface area contributed by atoms with Gasteiger partial charge in [0.15, 0.2) is 0 Å². The second kappa shape index (κ2) is 2.61. The quantitative estimate of drug-likeness (QED) is 0.405. The van der Waals surface area contributed by atoms with E-state index >= 15 is 0 Å². The summed E-state index contributed by atoms with van der Waals surface area (Å²) in [4.78, 5) is 11.5. The Hall–Kier alpha value is -1.05. The minimum absolute atomic E-state index is 0.0681. The van der Waals surface area contributed by atoms with Gasteiger partial charge in [0, 0.05) is 16.9 Å². The van der Waals surface area contributed by atoms with Gasteiger partial charge < -0.3 is 4.74 Å². The lowest BCUT2D eigenvalue weighted by Crippen LogP contribution is -2.51. The average molecular weight is 218 g/mol. The molecule has 2 heteroatoms. The monoisotopic (exact) mass is 218 g/mol. The number of carbonyl (C=O) groups is 1. The van der Waals surface area contributed by atoms with Crippen LogP contribution in [0.3, 0.4) is 0 Å². The summed E-state index contributed by atoms with van der Waals surface area (Å²) in [7, 11) is 0. The summed E-state index contributed by atoms with van der Waals surface area (Å²) in [5.41, 5.74) is -0.146. The molecule has 86 valence electrons. The van der Waals surface area contributed by atoms with Gasteiger partial charge in [-0.2, -0.15) is 0 Å². The van der Waals surface area contributed by atoms with E-state index in [4.69, 9.17) is 4.74 Å². The molecule has 0 radical (unpaired) electrons. The Morgan fingerprint density at radius 1 is 1.50 bits per heavy atom. The Balaban J connectivity index is 1.98. The molecule has 0 amide bonds. The molecule has 0 heterocycles. The van der Waals surface area contributed by atoms with Crippen molar-refractivity contribution >= 4 is 5.97 Å². The molecule has 3 aliphatic rings. The van der Waals surface area contributed by atoms with E-state index in [-0.39, 0.29) is 22.4 Å². The summed E-state index contributed by atoms with van der Waals surface area (Å²) in [5.74, 6) is 0.393. The molecule has 16 heavy (non-hydrogen) atoms. The van der Waals surface area contributed by atoms with Crippen LogP contribution in [0.2, 0.25) is 0 Å². The molecule has 2 saturated carbocycles. The van der Waals surface area contributed by atoms with Gasteiger partial charge in [-0.1, -0.05) is 25.7 Å². The van der Waals surface area contributed by atoms with Gasteiger partial charge in [-0.3, -0.25) is 0 Å². The van der Waals surface area contributed by atoms with E-state index in [1.54, 1.807) is 0 Å². The first-order chi connectivity index (χ1) is 7.47. The van der Waals surface area contributed by atoms with Crippen molar-refractivity contribution < 1.29 is 9.53 Å².